The summed E-state index contributed by atoms with van der Waals surface area (Å²) in [4.78, 5) is 7.13. The molecule has 2 aromatic rings. The number of hydrogen-bond acceptors (Lipinski definition) is 3. The molecule has 1 saturated heterocycles. The summed E-state index contributed by atoms with van der Waals surface area (Å²) < 4.78 is 7.92. The number of likely N-dealkylation sites (N-methyl/N-ethyl adjacent to an activating group) is 1. The summed E-state index contributed by atoms with van der Waals surface area (Å²) in [5, 5.41) is 0.801. The van der Waals surface area contributed by atoms with Gasteiger partial charge in [0.1, 0.15) is 5.65 Å². The lowest BCUT2D eigenvalue weighted by Crippen LogP contribution is -2.32. The van der Waals surface area contributed by atoms with E-state index in [2.05, 4.69) is 44.4 Å². The van der Waals surface area contributed by atoms with Crippen LogP contribution in [0.25, 0.3) is 5.65 Å². The zero-order valence-electron chi connectivity index (χ0n) is 11.8. The summed E-state index contributed by atoms with van der Waals surface area (Å²) in [5.74, 6) is 1.08. The first-order valence-corrected chi connectivity index (χ1v) is 8.34. The quantitative estimate of drug-likeness (QED) is 0.784. The zero-order valence-corrected chi connectivity index (χ0v) is 13.3. The van der Waals surface area contributed by atoms with E-state index in [4.69, 9.17) is 9.72 Å². The first-order chi connectivity index (χ1) is 9.83. The third-order valence-corrected chi connectivity index (χ3v) is 4.39. The van der Waals surface area contributed by atoms with E-state index in [-0.39, 0.29) is 0 Å². The van der Waals surface area contributed by atoms with Gasteiger partial charge in [-0.3, -0.25) is 0 Å². The molecule has 0 saturated carbocycles. The fourth-order valence-electron chi connectivity index (χ4n) is 2.81. The average molecular weight is 338 g/mol. The first kappa shape index (κ1) is 13.9. The number of aromatic nitrogens is 2. The molecule has 0 bridgehead atoms. The van der Waals surface area contributed by atoms with Gasteiger partial charge < -0.3 is 14.0 Å². The third-order valence-electron chi connectivity index (χ3n) is 3.86. The monoisotopic (exact) mass is 337 g/mol. The molecule has 1 unspecified atom stereocenters. The van der Waals surface area contributed by atoms with Gasteiger partial charge in [-0.2, -0.15) is 0 Å². The number of nitrogens with zero attached hydrogens (tertiary/aromatic N) is 3. The van der Waals surface area contributed by atoms with Crippen LogP contribution in [0.15, 0.2) is 24.4 Å². The molecule has 20 heavy (non-hydrogen) atoms. The van der Waals surface area contributed by atoms with E-state index < -0.39 is 0 Å². The van der Waals surface area contributed by atoms with E-state index in [0.29, 0.717) is 6.10 Å². The van der Waals surface area contributed by atoms with Crippen molar-refractivity contribution in [2.45, 2.75) is 31.2 Å². The van der Waals surface area contributed by atoms with Gasteiger partial charge in [0.15, 0.2) is 5.82 Å². The Hall–Kier alpha value is -1.07. The van der Waals surface area contributed by atoms with E-state index in [9.17, 15) is 0 Å². The number of imidazole rings is 1. The number of alkyl halides is 1. The highest BCUT2D eigenvalue weighted by atomic mass is 79.9. The minimum Gasteiger partial charge on any atom is -0.376 e. The first-order valence-electron chi connectivity index (χ1n) is 7.22. The molecule has 5 heteroatoms. The van der Waals surface area contributed by atoms with E-state index in [0.717, 1.165) is 42.9 Å². The van der Waals surface area contributed by atoms with Crippen LogP contribution in [0.1, 0.15) is 25.5 Å². The van der Waals surface area contributed by atoms with Gasteiger partial charge in [-0.15, -0.1) is 0 Å². The Kier molecular flexibility index (Phi) is 4.27. The van der Waals surface area contributed by atoms with Crippen molar-refractivity contribution in [2.75, 3.05) is 24.6 Å². The maximum Gasteiger partial charge on any atom is 0.152 e. The van der Waals surface area contributed by atoms with Crippen molar-refractivity contribution in [3.05, 3.63) is 30.1 Å². The summed E-state index contributed by atoms with van der Waals surface area (Å²) in [6.07, 6.45) is 4.76. The van der Waals surface area contributed by atoms with Crippen molar-refractivity contribution >= 4 is 27.4 Å². The molecule has 3 heterocycles. The molecule has 0 aromatic carbocycles. The predicted octanol–water partition coefficient (Wildman–Crippen LogP) is 3.23. The fraction of sp³-hybridized carbons (Fsp3) is 0.533. The number of hydrogen-bond donors (Lipinski definition) is 0. The van der Waals surface area contributed by atoms with Crippen molar-refractivity contribution in [3.63, 3.8) is 0 Å². The second-order valence-corrected chi connectivity index (χ2v) is 5.68. The molecule has 1 aliphatic heterocycles. The molecule has 4 nitrogen and oxygen atoms in total. The molecule has 1 fully saturated rings. The molecule has 2 aromatic heterocycles. The van der Waals surface area contributed by atoms with Crippen molar-refractivity contribution in [1.82, 2.24) is 9.38 Å². The summed E-state index contributed by atoms with van der Waals surface area (Å²) in [5.41, 5.74) is 2.21. The summed E-state index contributed by atoms with van der Waals surface area (Å²) >= 11 is 3.60. The maximum atomic E-state index is 5.77. The Labute approximate surface area is 127 Å². The number of rotatable bonds is 5. The Morgan fingerprint density at radius 3 is 3.10 bits per heavy atom. The zero-order chi connectivity index (χ0) is 13.9. The topological polar surface area (TPSA) is 29.8 Å². The molecule has 1 aliphatic rings. The van der Waals surface area contributed by atoms with Crippen LogP contribution >= 0.6 is 15.9 Å². The van der Waals surface area contributed by atoms with Gasteiger partial charge in [-0.1, -0.05) is 22.0 Å². The molecular formula is C15H20BrN3O. The smallest absolute Gasteiger partial charge is 0.152 e. The molecule has 108 valence electrons. The van der Waals surface area contributed by atoms with Gasteiger partial charge in [0.05, 0.1) is 11.8 Å². The normalized spacial score (nSPS) is 18.8. The summed E-state index contributed by atoms with van der Waals surface area (Å²) in [7, 11) is 0. The Morgan fingerprint density at radius 2 is 2.40 bits per heavy atom. The number of anilines is 1. The third kappa shape index (κ3) is 2.56. The van der Waals surface area contributed by atoms with Crippen LogP contribution < -0.4 is 4.90 Å². The molecule has 0 N–H and O–H groups in total. The molecular weight excluding hydrogens is 318 g/mol. The van der Waals surface area contributed by atoms with E-state index >= 15 is 0 Å². The number of pyridine rings is 1. The molecule has 0 radical (unpaired) electrons. The predicted molar refractivity (Wildman–Crippen MR) is 84.7 cm³/mol. The number of fused-ring (bicyclic) bond motifs is 1. The fourth-order valence-corrected chi connectivity index (χ4v) is 3.33. The van der Waals surface area contributed by atoms with Gasteiger partial charge in [-0.25, -0.2) is 4.98 Å². The lowest BCUT2D eigenvalue weighted by Gasteiger charge is -2.24. The van der Waals surface area contributed by atoms with Crippen LogP contribution in [0.5, 0.6) is 0 Å². The van der Waals surface area contributed by atoms with Crippen LogP contribution in [0.3, 0.4) is 0 Å². The molecule has 3 rings (SSSR count). The van der Waals surface area contributed by atoms with Crippen LogP contribution in [-0.2, 0) is 10.1 Å². The Balaban J connectivity index is 1.93. The highest BCUT2D eigenvalue weighted by Gasteiger charge is 2.22. The second-order valence-electron chi connectivity index (χ2n) is 5.12. The number of ether oxygens (including phenoxy) is 1. The van der Waals surface area contributed by atoms with Gasteiger partial charge in [0, 0.05) is 31.2 Å². The van der Waals surface area contributed by atoms with Crippen molar-refractivity contribution in [3.8, 4) is 0 Å². The minimum atomic E-state index is 0.350. The van der Waals surface area contributed by atoms with E-state index in [1.165, 1.54) is 12.1 Å². The Bertz CT molecular complexity index is 578. The highest BCUT2D eigenvalue weighted by Crippen LogP contribution is 2.25. The maximum absolute atomic E-state index is 5.77. The minimum absolute atomic E-state index is 0.350. The number of halogens is 1. The average Bonchev–Trinajstić information content (AvgIpc) is 3.11. The van der Waals surface area contributed by atoms with Crippen molar-refractivity contribution in [2.24, 2.45) is 0 Å². The Morgan fingerprint density at radius 1 is 1.50 bits per heavy atom. The SMILES string of the molecule is CCN(CC1CCCO1)c1nc2ccccn2c1CBr. The van der Waals surface area contributed by atoms with E-state index in [1.54, 1.807) is 0 Å². The summed E-state index contributed by atoms with van der Waals surface area (Å²) in [6, 6.07) is 6.12. The highest BCUT2D eigenvalue weighted by molar-refractivity contribution is 9.08. The largest absolute Gasteiger partial charge is 0.376 e. The molecule has 0 spiro atoms. The van der Waals surface area contributed by atoms with Crippen molar-refractivity contribution in [1.29, 1.82) is 0 Å². The second kappa shape index (κ2) is 6.14. The van der Waals surface area contributed by atoms with Gasteiger partial charge >= 0.3 is 0 Å². The van der Waals surface area contributed by atoms with Crippen molar-refractivity contribution < 1.29 is 4.74 Å². The van der Waals surface area contributed by atoms with E-state index in [1.807, 2.05) is 12.1 Å². The standard InChI is InChI=1S/C15H20BrN3O/c1-2-18(11-12-6-5-9-20-12)15-13(10-16)19-8-4-3-7-14(19)17-15/h3-4,7-8,12H,2,5-6,9-11H2,1H3. The van der Waals surface area contributed by atoms with Crippen LogP contribution in [0.2, 0.25) is 0 Å². The van der Waals surface area contributed by atoms with Crippen LogP contribution in [0, 0.1) is 0 Å². The van der Waals surface area contributed by atoms with Gasteiger partial charge in [0.2, 0.25) is 0 Å². The van der Waals surface area contributed by atoms with Gasteiger partial charge in [0.25, 0.3) is 0 Å². The lowest BCUT2D eigenvalue weighted by molar-refractivity contribution is 0.115. The lowest BCUT2D eigenvalue weighted by atomic mass is 10.2. The summed E-state index contributed by atoms with van der Waals surface area (Å²) in [6.45, 7) is 4.96. The van der Waals surface area contributed by atoms with Crippen LogP contribution in [-0.4, -0.2) is 35.2 Å². The molecule has 0 aliphatic carbocycles. The molecule has 1 atom stereocenters. The van der Waals surface area contributed by atoms with Gasteiger partial charge in [-0.05, 0) is 31.9 Å². The van der Waals surface area contributed by atoms with Crippen LogP contribution in [0.4, 0.5) is 5.82 Å². The molecule has 0 amide bonds.